The van der Waals surface area contributed by atoms with Gasteiger partial charge in [0.2, 0.25) is 11.8 Å². The van der Waals surface area contributed by atoms with Crippen molar-refractivity contribution < 1.29 is 23.9 Å². The maximum Gasteiger partial charge on any atom is 0.339 e. The molecule has 0 aromatic heterocycles. The number of fused-ring (bicyclic) bond motifs is 5. The number of Topliss-reactive ketones (excluding diaryl/α,β-unsaturated/α-hetero) is 1. The van der Waals surface area contributed by atoms with Gasteiger partial charge < -0.3 is 4.74 Å². The average Bonchev–Trinajstić information content (AvgIpc) is 3.30. The number of anilines is 1. The number of hydrogen-bond donors (Lipinski definition) is 0. The molecule has 3 aliphatic heterocycles. The number of hydrazone groups is 1. The van der Waals surface area contributed by atoms with Crippen molar-refractivity contribution in [2.45, 2.75) is 32.9 Å². The van der Waals surface area contributed by atoms with Crippen LogP contribution in [0.3, 0.4) is 0 Å². The number of benzene rings is 2. The summed E-state index contributed by atoms with van der Waals surface area (Å²) in [6.07, 6.45) is 1.68. The van der Waals surface area contributed by atoms with Crippen LogP contribution in [-0.4, -0.2) is 47.9 Å². The number of para-hydroxylation sites is 1. The first kappa shape index (κ1) is 22.0. The van der Waals surface area contributed by atoms with E-state index in [-0.39, 0.29) is 17.0 Å². The van der Waals surface area contributed by atoms with Crippen LogP contribution in [0.5, 0.6) is 0 Å². The number of hydrogen-bond acceptors (Lipinski definition) is 7. The van der Waals surface area contributed by atoms with Gasteiger partial charge >= 0.3 is 5.97 Å². The Balaban J connectivity index is 1.68. The van der Waals surface area contributed by atoms with Crippen molar-refractivity contribution in [3.05, 3.63) is 65.2 Å². The number of carbonyl (C=O) groups is 4. The molecule has 3 heterocycles. The fourth-order valence-electron chi connectivity index (χ4n) is 5.30. The molecule has 2 amide bonds. The van der Waals surface area contributed by atoms with Gasteiger partial charge in [0, 0.05) is 5.41 Å². The maximum atomic E-state index is 13.9. The number of nitrogens with zero attached hydrogens (tertiary/aromatic N) is 3. The Kier molecular flexibility index (Phi) is 4.93. The predicted octanol–water partition coefficient (Wildman–Crippen LogP) is 2.97. The number of esters is 1. The highest BCUT2D eigenvalue weighted by Crippen LogP contribution is 2.53. The summed E-state index contributed by atoms with van der Waals surface area (Å²) >= 11 is 0. The van der Waals surface area contributed by atoms with Gasteiger partial charge in [0.25, 0.3) is 0 Å². The van der Waals surface area contributed by atoms with E-state index in [1.807, 2.05) is 24.3 Å². The van der Waals surface area contributed by atoms with E-state index in [0.717, 1.165) is 16.0 Å². The van der Waals surface area contributed by atoms with Crippen LogP contribution in [0.25, 0.3) is 0 Å². The van der Waals surface area contributed by atoms with Gasteiger partial charge in [0.05, 0.1) is 42.5 Å². The molecule has 8 heteroatoms. The molecular formula is C26H25N3O5. The molecule has 2 aromatic carbocycles. The summed E-state index contributed by atoms with van der Waals surface area (Å²) in [5, 5.41) is 6.19. The number of imide groups is 1. The van der Waals surface area contributed by atoms with Gasteiger partial charge in [0.15, 0.2) is 5.78 Å². The van der Waals surface area contributed by atoms with Gasteiger partial charge in [-0.3, -0.25) is 19.4 Å². The number of methoxy groups -OCH3 is 1. The van der Waals surface area contributed by atoms with Gasteiger partial charge in [-0.2, -0.15) is 5.10 Å². The van der Waals surface area contributed by atoms with E-state index in [0.29, 0.717) is 0 Å². The van der Waals surface area contributed by atoms with Crippen molar-refractivity contribution in [3.8, 4) is 0 Å². The Labute approximate surface area is 197 Å². The van der Waals surface area contributed by atoms with Crippen LogP contribution in [0, 0.1) is 17.3 Å². The molecule has 174 valence electrons. The van der Waals surface area contributed by atoms with E-state index in [2.05, 4.69) is 5.10 Å². The molecular weight excluding hydrogens is 434 g/mol. The number of rotatable bonds is 3. The highest BCUT2D eigenvalue weighted by atomic mass is 16.5. The normalized spacial score (nSPS) is 25.2. The molecule has 0 bridgehead atoms. The van der Waals surface area contributed by atoms with Crippen molar-refractivity contribution in [1.29, 1.82) is 0 Å². The summed E-state index contributed by atoms with van der Waals surface area (Å²) in [6.45, 7) is 5.39. The van der Waals surface area contributed by atoms with Crippen LogP contribution in [-0.2, 0) is 19.1 Å². The quantitative estimate of drug-likeness (QED) is 0.517. The highest BCUT2D eigenvalue weighted by Gasteiger charge is 2.66. The topological polar surface area (TPSA) is 96.3 Å². The number of amides is 2. The Morgan fingerprint density at radius 1 is 0.941 bits per heavy atom. The predicted molar refractivity (Wildman–Crippen MR) is 124 cm³/mol. The molecule has 0 radical (unpaired) electrons. The minimum absolute atomic E-state index is 0.115. The summed E-state index contributed by atoms with van der Waals surface area (Å²) < 4.78 is 4.87. The van der Waals surface area contributed by atoms with Crippen molar-refractivity contribution in [3.63, 3.8) is 0 Å². The first-order chi connectivity index (χ1) is 16.2. The fraction of sp³-hybridized carbons (Fsp3) is 0.346. The van der Waals surface area contributed by atoms with Crippen LogP contribution in [0.1, 0.15) is 48.3 Å². The zero-order valence-corrected chi connectivity index (χ0v) is 19.4. The number of ketones is 1. The fourth-order valence-corrected chi connectivity index (χ4v) is 5.30. The molecule has 0 aliphatic carbocycles. The lowest BCUT2D eigenvalue weighted by molar-refractivity contribution is -0.136. The number of carbonyl (C=O) groups excluding carboxylic acids is 4. The standard InChI is InChI=1S/C26H25N3O5/c1-26(2,3)22(30)21-19-18(20-15-10-6-5-9-14(15)13-27-29(20)21)23(31)28(24(19)32)17-12-8-7-11-16(17)25(33)34-4/h5-13,18-21H,1-4H3/t18-,19-,20+,21+/m0/s1. The minimum Gasteiger partial charge on any atom is -0.465 e. The second-order valence-electron chi connectivity index (χ2n) is 9.83. The molecule has 0 spiro atoms. The van der Waals surface area contributed by atoms with Crippen molar-refractivity contribution in [2.24, 2.45) is 22.4 Å². The first-order valence-corrected chi connectivity index (χ1v) is 11.2. The van der Waals surface area contributed by atoms with E-state index in [1.54, 1.807) is 50.2 Å². The van der Waals surface area contributed by atoms with Crippen LogP contribution >= 0.6 is 0 Å². The Morgan fingerprint density at radius 2 is 1.59 bits per heavy atom. The summed E-state index contributed by atoms with van der Waals surface area (Å²) in [4.78, 5) is 54.9. The van der Waals surface area contributed by atoms with E-state index in [4.69, 9.17) is 4.74 Å². The Hall–Kier alpha value is -3.81. The third-order valence-electron chi connectivity index (χ3n) is 6.85. The lowest BCUT2D eigenvalue weighted by Gasteiger charge is -2.35. The van der Waals surface area contributed by atoms with Crippen molar-refractivity contribution in [2.75, 3.05) is 12.0 Å². The van der Waals surface area contributed by atoms with Gasteiger partial charge in [-0.25, -0.2) is 9.69 Å². The van der Waals surface area contributed by atoms with Crippen LogP contribution in [0.15, 0.2) is 53.6 Å². The van der Waals surface area contributed by atoms with E-state index in [1.165, 1.54) is 13.2 Å². The van der Waals surface area contributed by atoms with Crippen molar-refractivity contribution >= 4 is 35.5 Å². The Bertz CT molecular complexity index is 1260. The molecule has 0 saturated carbocycles. The van der Waals surface area contributed by atoms with Gasteiger partial charge in [-0.15, -0.1) is 0 Å². The molecule has 8 nitrogen and oxygen atoms in total. The smallest absolute Gasteiger partial charge is 0.339 e. The minimum atomic E-state index is -0.918. The molecule has 0 unspecified atom stereocenters. The van der Waals surface area contributed by atoms with Crippen molar-refractivity contribution in [1.82, 2.24) is 5.01 Å². The van der Waals surface area contributed by atoms with Crippen LogP contribution < -0.4 is 4.90 Å². The van der Waals surface area contributed by atoms with Gasteiger partial charge in [0.1, 0.15) is 6.04 Å². The molecule has 4 atom stereocenters. The van der Waals surface area contributed by atoms with Gasteiger partial charge in [-0.05, 0) is 23.3 Å². The average molecular weight is 460 g/mol. The second-order valence-corrected chi connectivity index (χ2v) is 9.83. The monoisotopic (exact) mass is 459 g/mol. The zero-order valence-electron chi connectivity index (χ0n) is 19.4. The van der Waals surface area contributed by atoms with E-state index in [9.17, 15) is 19.2 Å². The first-order valence-electron chi connectivity index (χ1n) is 11.2. The molecule has 2 aromatic rings. The molecule has 2 saturated heterocycles. The second kappa shape index (κ2) is 7.62. The summed E-state index contributed by atoms with van der Waals surface area (Å²) in [5.74, 6) is -3.49. The largest absolute Gasteiger partial charge is 0.465 e. The molecule has 0 N–H and O–H groups in total. The molecule has 5 rings (SSSR count). The maximum absolute atomic E-state index is 13.9. The van der Waals surface area contributed by atoms with E-state index >= 15 is 0 Å². The lowest BCUT2D eigenvalue weighted by Crippen LogP contribution is -2.48. The van der Waals surface area contributed by atoms with Crippen LogP contribution in [0.2, 0.25) is 0 Å². The summed E-state index contributed by atoms with van der Waals surface area (Å²) in [5.41, 5.74) is 1.22. The zero-order chi connectivity index (χ0) is 24.4. The molecule has 2 fully saturated rings. The third-order valence-corrected chi connectivity index (χ3v) is 6.85. The lowest BCUT2D eigenvalue weighted by atomic mass is 9.79. The SMILES string of the molecule is COC(=O)c1ccccc1N1C(=O)[C@H]2[C@H](C1=O)[C@H](C(=O)C(C)(C)C)N1N=Cc3ccccc3[C@H]21. The molecule has 3 aliphatic rings. The highest BCUT2D eigenvalue weighted by molar-refractivity contribution is 6.25. The molecule has 34 heavy (non-hydrogen) atoms. The Morgan fingerprint density at radius 3 is 2.29 bits per heavy atom. The number of ether oxygens (including phenoxy) is 1. The van der Waals surface area contributed by atoms with Gasteiger partial charge in [-0.1, -0.05) is 57.2 Å². The summed E-state index contributed by atoms with van der Waals surface area (Å²) in [6, 6.07) is 12.5. The summed E-state index contributed by atoms with van der Waals surface area (Å²) in [7, 11) is 1.24. The van der Waals surface area contributed by atoms with Crippen LogP contribution in [0.4, 0.5) is 5.69 Å². The third kappa shape index (κ3) is 3.01. The van der Waals surface area contributed by atoms with E-state index < -0.39 is 47.1 Å².